The molecule has 0 bridgehead atoms. The summed E-state index contributed by atoms with van der Waals surface area (Å²) in [6.45, 7) is 1.05. The lowest BCUT2D eigenvalue weighted by Crippen LogP contribution is -2.22. The van der Waals surface area contributed by atoms with Crippen molar-refractivity contribution >= 4 is 28.5 Å². The van der Waals surface area contributed by atoms with Gasteiger partial charge in [-0.25, -0.2) is 0 Å². The maximum atomic E-state index is 13.7. The number of ether oxygens (including phenoxy) is 4. The number of carbonyl (C=O) groups is 1. The van der Waals surface area contributed by atoms with Gasteiger partial charge in [0.25, 0.3) is 0 Å². The van der Waals surface area contributed by atoms with Crippen molar-refractivity contribution < 1.29 is 33.3 Å². The number of para-hydroxylation sites is 1. The number of methoxy groups -OCH3 is 1. The number of hydrogen-bond donors (Lipinski definition) is 1. The summed E-state index contributed by atoms with van der Waals surface area (Å²) in [6, 6.07) is 19.7. The second-order valence-electron chi connectivity index (χ2n) is 10.7. The fraction of sp³-hybridized carbons (Fsp3) is 0.200. The van der Waals surface area contributed by atoms with Crippen LogP contribution in [0, 0.1) is 0 Å². The Hall–Kier alpha value is -4.95. The zero-order valence-corrected chi connectivity index (χ0v) is 24.5. The molecule has 0 amide bonds. The van der Waals surface area contributed by atoms with Crippen molar-refractivity contribution in [2.75, 3.05) is 20.3 Å². The average molecular weight is 611 g/mol. The highest BCUT2D eigenvalue weighted by molar-refractivity contribution is 6.30. The molecule has 9 heteroatoms. The van der Waals surface area contributed by atoms with E-state index in [2.05, 4.69) is 6.07 Å². The van der Waals surface area contributed by atoms with E-state index in [4.69, 9.17) is 35.0 Å². The number of phenols is 1. The van der Waals surface area contributed by atoms with E-state index in [0.717, 1.165) is 17.7 Å². The monoisotopic (exact) mass is 610 g/mol. The van der Waals surface area contributed by atoms with E-state index < -0.39 is 17.3 Å². The van der Waals surface area contributed by atoms with Gasteiger partial charge < -0.3 is 28.5 Å². The van der Waals surface area contributed by atoms with Gasteiger partial charge in [-0.05, 0) is 41.0 Å². The number of esters is 1. The van der Waals surface area contributed by atoms with Gasteiger partial charge in [-0.1, -0.05) is 48.0 Å². The maximum Gasteiger partial charge on any atom is 0.312 e. The van der Waals surface area contributed by atoms with Crippen molar-refractivity contribution in [2.24, 2.45) is 0 Å². The number of aromatic hydroxyl groups is 1. The summed E-state index contributed by atoms with van der Waals surface area (Å²) >= 11 is 6.04. The van der Waals surface area contributed by atoms with Gasteiger partial charge >= 0.3 is 5.97 Å². The van der Waals surface area contributed by atoms with Crippen LogP contribution in [0.2, 0.25) is 5.02 Å². The molecule has 0 aliphatic carbocycles. The molecule has 3 heterocycles. The first-order chi connectivity index (χ1) is 21.4. The number of phenolic OH excluding ortho intramolecular Hbond substituents is 1. The van der Waals surface area contributed by atoms with Crippen molar-refractivity contribution in [3.8, 4) is 39.9 Å². The molecule has 1 atom stereocenters. The first-order valence-electron chi connectivity index (χ1n) is 14.2. The second-order valence-corrected chi connectivity index (χ2v) is 11.2. The van der Waals surface area contributed by atoms with Crippen molar-refractivity contribution in [1.29, 1.82) is 0 Å². The minimum absolute atomic E-state index is 0.00916. The quantitative estimate of drug-likeness (QED) is 0.158. The van der Waals surface area contributed by atoms with Gasteiger partial charge in [-0.15, -0.1) is 0 Å². The highest BCUT2D eigenvalue weighted by atomic mass is 35.5. The Kier molecular flexibility index (Phi) is 7.14. The predicted octanol–water partition coefficient (Wildman–Crippen LogP) is 6.83. The van der Waals surface area contributed by atoms with E-state index >= 15 is 0 Å². The Morgan fingerprint density at radius 3 is 2.68 bits per heavy atom. The molecular formula is C35H27ClO8. The fourth-order valence-electron chi connectivity index (χ4n) is 6.02. The molecule has 1 N–H and O–H groups in total. The molecule has 0 radical (unpaired) electrons. The van der Waals surface area contributed by atoms with E-state index in [1.54, 1.807) is 37.4 Å². The normalized spacial score (nSPS) is 15.3. The number of halogens is 1. The van der Waals surface area contributed by atoms with Gasteiger partial charge in [0.2, 0.25) is 5.43 Å². The molecule has 5 aromatic rings. The fourth-order valence-corrected chi connectivity index (χ4v) is 6.14. The van der Waals surface area contributed by atoms with Crippen molar-refractivity contribution in [3.63, 3.8) is 0 Å². The first kappa shape index (κ1) is 27.9. The van der Waals surface area contributed by atoms with Crippen LogP contribution in [0.3, 0.4) is 0 Å². The molecule has 222 valence electrons. The summed E-state index contributed by atoms with van der Waals surface area (Å²) < 4.78 is 29.3. The van der Waals surface area contributed by atoms with Gasteiger partial charge in [0, 0.05) is 41.0 Å². The van der Waals surface area contributed by atoms with Crippen LogP contribution in [-0.2, 0) is 17.6 Å². The SMILES string of the molecule is COc1cccc(C2CC(=O)Oc3cc(O)c4c(=O)c(-c5ccc(Cl)cc5)coc4c32)c1OCCc1ccc2c(c1)CCO2. The molecule has 2 aliphatic heterocycles. The third kappa shape index (κ3) is 4.91. The first-order valence-corrected chi connectivity index (χ1v) is 14.6. The van der Waals surface area contributed by atoms with E-state index in [9.17, 15) is 14.7 Å². The van der Waals surface area contributed by atoms with Crippen molar-refractivity contribution in [3.05, 3.63) is 110 Å². The van der Waals surface area contributed by atoms with Gasteiger partial charge in [0.1, 0.15) is 34.5 Å². The summed E-state index contributed by atoms with van der Waals surface area (Å²) in [5.41, 5.74) is 4.00. The maximum absolute atomic E-state index is 13.7. The summed E-state index contributed by atoms with van der Waals surface area (Å²) in [5, 5.41) is 11.5. The van der Waals surface area contributed by atoms with E-state index in [1.807, 2.05) is 24.3 Å². The lowest BCUT2D eigenvalue weighted by atomic mass is 9.84. The Bertz CT molecular complexity index is 1980. The minimum Gasteiger partial charge on any atom is -0.507 e. The number of carbonyl (C=O) groups excluding carboxylic acids is 1. The van der Waals surface area contributed by atoms with E-state index in [1.165, 1.54) is 17.9 Å². The lowest BCUT2D eigenvalue weighted by Gasteiger charge is -2.28. The number of benzene rings is 4. The third-order valence-electron chi connectivity index (χ3n) is 8.12. The molecular weight excluding hydrogens is 584 g/mol. The minimum atomic E-state index is -0.610. The molecule has 1 aromatic heterocycles. The van der Waals surface area contributed by atoms with Crippen LogP contribution < -0.4 is 24.4 Å². The largest absolute Gasteiger partial charge is 0.507 e. The zero-order chi connectivity index (χ0) is 30.4. The van der Waals surface area contributed by atoms with Crippen molar-refractivity contribution in [1.82, 2.24) is 0 Å². The summed E-state index contributed by atoms with van der Waals surface area (Å²) in [7, 11) is 1.56. The molecule has 4 aromatic carbocycles. The van der Waals surface area contributed by atoms with E-state index in [0.29, 0.717) is 52.8 Å². The van der Waals surface area contributed by atoms with Crippen LogP contribution in [0.1, 0.15) is 34.6 Å². The van der Waals surface area contributed by atoms with Crippen LogP contribution in [-0.4, -0.2) is 31.4 Å². The molecule has 0 saturated carbocycles. The Labute approximate surface area is 257 Å². The van der Waals surface area contributed by atoms with Crippen LogP contribution in [0.15, 0.2) is 82.2 Å². The predicted molar refractivity (Wildman–Crippen MR) is 165 cm³/mol. The van der Waals surface area contributed by atoms with Crippen LogP contribution >= 0.6 is 11.6 Å². The molecule has 0 saturated heterocycles. The highest BCUT2D eigenvalue weighted by Gasteiger charge is 2.36. The molecule has 0 spiro atoms. The number of hydrogen-bond acceptors (Lipinski definition) is 8. The topological polar surface area (TPSA) is 104 Å². The third-order valence-corrected chi connectivity index (χ3v) is 8.37. The van der Waals surface area contributed by atoms with E-state index in [-0.39, 0.29) is 34.5 Å². The Morgan fingerprint density at radius 2 is 1.86 bits per heavy atom. The smallest absolute Gasteiger partial charge is 0.312 e. The summed E-state index contributed by atoms with van der Waals surface area (Å²) in [5.74, 6) is 0.573. The van der Waals surface area contributed by atoms with Gasteiger partial charge in [-0.3, -0.25) is 9.59 Å². The Balaban J connectivity index is 1.30. The number of rotatable bonds is 7. The second kappa shape index (κ2) is 11.3. The average Bonchev–Trinajstić information content (AvgIpc) is 3.49. The van der Waals surface area contributed by atoms with Gasteiger partial charge in [0.05, 0.1) is 32.3 Å². The molecule has 44 heavy (non-hydrogen) atoms. The van der Waals surface area contributed by atoms with Gasteiger partial charge in [-0.2, -0.15) is 0 Å². The van der Waals surface area contributed by atoms with Gasteiger partial charge in [0.15, 0.2) is 11.5 Å². The zero-order valence-electron chi connectivity index (χ0n) is 23.7. The highest BCUT2D eigenvalue weighted by Crippen LogP contribution is 2.49. The molecule has 1 unspecified atom stereocenters. The molecule has 7 rings (SSSR count). The number of fused-ring (bicyclic) bond motifs is 4. The summed E-state index contributed by atoms with van der Waals surface area (Å²) in [6.07, 6.45) is 2.85. The molecule has 2 aliphatic rings. The molecule has 0 fully saturated rings. The summed E-state index contributed by atoms with van der Waals surface area (Å²) in [4.78, 5) is 26.6. The Morgan fingerprint density at radius 1 is 1.02 bits per heavy atom. The van der Waals surface area contributed by atoms with Crippen molar-refractivity contribution in [2.45, 2.75) is 25.2 Å². The van der Waals surface area contributed by atoms with Crippen LogP contribution in [0.5, 0.6) is 28.7 Å². The van der Waals surface area contributed by atoms with Crippen LogP contribution in [0.4, 0.5) is 0 Å². The lowest BCUT2D eigenvalue weighted by molar-refractivity contribution is -0.135. The molecule has 8 nitrogen and oxygen atoms in total. The van der Waals surface area contributed by atoms with Crippen LogP contribution in [0.25, 0.3) is 22.1 Å². The standard InChI is InChI=1S/C35H27ClO8/c1-40-28-4-2-3-23(34(28)42-13-11-19-5-10-27-21(15-19)12-14-41-27)24-16-30(38)44-29-17-26(37)32-33(39)25(18-43-35(32)31(24)29)20-6-8-22(36)9-7-20/h2-10,15,17-18,24,37H,11-14,16H2,1H3.